The van der Waals surface area contributed by atoms with Crippen molar-refractivity contribution in [3.05, 3.63) is 17.5 Å². The summed E-state index contributed by atoms with van der Waals surface area (Å²) in [5.74, 6) is -1.94. The van der Waals surface area contributed by atoms with Crippen LogP contribution in [0.1, 0.15) is 40.3 Å². The molecule has 0 aliphatic heterocycles. The van der Waals surface area contributed by atoms with Gasteiger partial charge in [0, 0.05) is 17.4 Å². The maximum atomic E-state index is 11.9. The lowest BCUT2D eigenvalue weighted by Crippen LogP contribution is -2.38. The molecule has 2 N–H and O–H groups in total. The maximum Gasteiger partial charge on any atom is 0.374 e. The first kappa shape index (κ1) is 12.9. The SMILES string of the molecule is CSC1CCCC1NC(=O)c1cc(C(=O)O)on1. The summed E-state index contributed by atoms with van der Waals surface area (Å²) in [5, 5.41) is 15.4. The van der Waals surface area contributed by atoms with Gasteiger partial charge in [0.05, 0.1) is 0 Å². The fraction of sp³-hybridized carbons (Fsp3) is 0.545. The largest absolute Gasteiger partial charge is 0.475 e. The molecule has 18 heavy (non-hydrogen) atoms. The molecule has 1 amide bonds. The van der Waals surface area contributed by atoms with E-state index in [1.54, 1.807) is 11.8 Å². The van der Waals surface area contributed by atoms with Crippen molar-refractivity contribution in [1.82, 2.24) is 10.5 Å². The van der Waals surface area contributed by atoms with E-state index in [1.807, 2.05) is 6.26 Å². The third-order valence-corrected chi connectivity index (χ3v) is 4.20. The monoisotopic (exact) mass is 270 g/mol. The van der Waals surface area contributed by atoms with Crippen molar-refractivity contribution >= 4 is 23.6 Å². The van der Waals surface area contributed by atoms with Gasteiger partial charge in [0.25, 0.3) is 5.91 Å². The van der Waals surface area contributed by atoms with Gasteiger partial charge >= 0.3 is 5.97 Å². The molecule has 2 atom stereocenters. The van der Waals surface area contributed by atoms with E-state index in [0.29, 0.717) is 5.25 Å². The van der Waals surface area contributed by atoms with Gasteiger partial charge in [-0.25, -0.2) is 4.79 Å². The van der Waals surface area contributed by atoms with Crippen LogP contribution in [0, 0.1) is 0 Å². The summed E-state index contributed by atoms with van der Waals surface area (Å²) < 4.78 is 4.55. The molecular weight excluding hydrogens is 256 g/mol. The number of hydrogen-bond donors (Lipinski definition) is 2. The lowest BCUT2D eigenvalue weighted by molar-refractivity contribution is 0.0651. The quantitative estimate of drug-likeness (QED) is 0.858. The normalized spacial score (nSPS) is 22.9. The first-order valence-electron chi connectivity index (χ1n) is 5.65. The lowest BCUT2D eigenvalue weighted by atomic mass is 10.2. The van der Waals surface area contributed by atoms with Crippen molar-refractivity contribution in [1.29, 1.82) is 0 Å². The molecule has 98 valence electrons. The molecule has 1 saturated carbocycles. The fourth-order valence-electron chi connectivity index (χ4n) is 2.10. The van der Waals surface area contributed by atoms with Gasteiger partial charge in [0.1, 0.15) is 0 Å². The molecule has 2 unspecified atom stereocenters. The predicted molar refractivity (Wildman–Crippen MR) is 65.9 cm³/mol. The number of carbonyl (C=O) groups excluding carboxylic acids is 1. The highest BCUT2D eigenvalue weighted by molar-refractivity contribution is 7.99. The van der Waals surface area contributed by atoms with E-state index in [4.69, 9.17) is 5.11 Å². The van der Waals surface area contributed by atoms with Gasteiger partial charge in [-0.3, -0.25) is 4.79 Å². The highest BCUT2D eigenvalue weighted by Gasteiger charge is 2.29. The predicted octanol–water partition coefficient (Wildman–Crippen LogP) is 1.39. The molecule has 1 fully saturated rings. The van der Waals surface area contributed by atoms with Gasteiger partial charge < -0.3 is 14.9 Å². The average Bonchev–Trinajstić information content (AvgIpc) is 2.96. The summed E-state index contributed by atoms with van der Waals surface area (Å²) in [4.78, 5) is 22.5. The van der Waals surface area contributed by atoms with Crippen LogP contribution in [0.15, 0.2) is 10.6 Å². The van der Waals surface area contributed by atoms with Crippen molar-refractivity contribution in [2.75, 3.05) is 6.26 Å². The second-order valence-electron chi connectivity index (χ2n) is 4.17. The highest BCUT2D eigenvalue weighted by Crippen LogP contribution is 2.28. The Morgan fingerprint density at radius 2 is 2.33 bits per heavy atom. The molecule has 7 heteroatoms. The second-order valence-corrected chi connectivity index (χ2v) is 5.24. The van der Waals surface area contributed by atoms with E-state index in [2.05, 4.69) is 15.0 Å². The zero-order valence-electron chi connectivity index (χ0n) is 9.88. The van der Waals surface area contributed by atoms with Crippen LogP contribution in [0.4, 0.5) is 0 Å². The van der Waals surface area contributed by atoms with Gasteiger partial charge in [-0.05, 0) is 19.1 Å². The fourth-order valence-corrected chi connectivity index (χ4v) is 3.03. The van der Waals surface area contributed by atoms with E-state index in [-0.39, 0.29) is 23.4 Å². The minimum absolute atomic E-state index is 0.0131. The van der Waals surface area contributed by atoms with Crippen molar-refractivity contribution in [3.8, 4) is 0 Å². The van der Waals surface area contributed by atoms with Crippen LogP contribution >= 0.6 is 11.8 Å². The number of nitrogens with one attached hydrogen (secondary N) is 1. The molecule has 1 aromatic heterocycles. The van der Waals surface area contributed by atoms with E-state index < -0.39 is 5.97 Å². The number of hydrogen-bond acceptors (Lipinski definition) is 5. The second kappa shape index (κ2) is 5.43. The van der Waals surface area contributed by atoms with Gasteiger partial charge in [-0.1, -0.05) is 11.6 Å². The standard InChI is InChI=1S/C11H14N2O4S/c1-18-9-4-2-3-6(9)12-10(14)7-5-8(11(15)16)17-13-7/h5-6,9H,2-4H2,1H3,(H,12,14)(H,15,16). The zero-order valence-corrected chi connectivity index (χ0v) is 10.7. The Kier molecular flexibility index (Phi) is 3.90. The molecule has 1 aliphatic rings. The number of amides is 1. The van der Waals surface area contributed by atoms with Crippen LogP contribution in [-0.2, 0) is 0 Å². The molecule has 0 saturated heterocycles. The van der Waals surface area contributed by atoms with E-state index in [0.717, 1.165) is 25.3 Å². The van der Waals surface area contributed by atoms with Crippen LogP contribution in [0.5, 0.6) is 0 Å². The van der Waals surface area contributed by atoms with E-state index >= 15 is 0 Å². The Bertz CT molecular complexity index is 460. The highest BCUT2D eigenvalue weighted by atomic mass is 32.2. The first-order chi connectivity index (χ1) is 8.61. The number of nitrogens with zero attached hydrogens (tertiary/aromatic N) is 1. The third kappa shape index (κ3) is 2.66. The maximum absolute atomic E-state index is 11.9. The van der Waals surface area contributed by atoms with Crippen LogP contribution < -0.4 is 5.32 Å². The first-order valence-corrected chi connectivity index (χ1v) is 6.94. The van der Waals surface area contributed by atoms with Crippen LogP contribution in [-0.4, -0.2) is 39.7 Å². The summed E-state index contributed by atoms with van der Waals surface area (Å²) in [6.07, 6.45) is 5.15. The number of aromatic carboxylic acids is 1. The minimum Gasteiger partial charge on any atom is -0.475 e. The number of carbonyl (C=O) groups is 2. The van der Waals surface area contributed by atoms with Gasteiger partial charge in [-0.2, -0.15) is 11.8 Å². The van der Waals surface area contributed by atoms with Crippen LogP contribution in [0.3, 0.4) is 0 Å². The molecule has 2 rings (SSSR count). The van der Waals surface area contributed by atoms with Crippen LogP contribution in [0.2, 0.25) is 0 Å². The lowest BCUT2D eigenvalue weighted by Gasteiger charge is -2.18. The summed E-state index contributed by atoms with van der Waals surface area (Å²) in [6.45, 7) is 0. The van der Waals surface area contributed by atoms with Crippen molar-refractivity contribution in [2.45, 2.75) is 30.6 Å². The minimum atomic E-state index is -1.23. The molecule has 1 aliphatic carbocycles. The van der Waals surface area contributed by atoms with Crippen molar-refractivity contribution in [3.63, 3.8) is 0 Å². The number of carboxylic acid groups (broad SMARTS) is 1. The van der Waals surface area contributed by atoms with Crippen molar-refractivity contribution in [2.24, 2.45) is 0 Å². The van der Waals surface area contributed by atoms with Gasteiger partial charge in [0.2, 0.25) is 5.76 Å². The van der Waals surface area contributed by atoms with Crippen molar-refractivity contribution < 1.29 is 19.2 Å². The van der Waals surface area contributed by atoms with Crippen LogP contribution in [0.25, 0.3) is 0 Å². The molecule has 1 heterocycles. The Balaban J connectivity index is 2.00. The van der Waals surface area contributed by atoms with Gasteiger partial charge in [-0.15, -0.1) is 0 Å². The number of rotatable bonds is 4. The van der Waals surface area contributed by atoms with E-state index in [1.165, 1.54) is 0 Å². The summed E-state index contributed by atoms with van der Waals surface area (Å²) >= 11 is 1.74. The molecule has 1 aromatic rings. The molecule has 0 spiro atoms. The molecule has 0 radical (unpaired) electrons. The summed E-state index contributed by atoms with van der Waals surface area (Å²) in [6, 6.07) is 1.26. The van der Waals surface area contributed by atoms with E-state index in [9.17, 15) is 9.59 Å². The number of thioether (sulfide) groups is 1. The zero-order chi connectivity index (χ0) is 13.1. The topological polar surface area (TPSA) is 92.4 Å². The Morgan fingerprint density at radius 3 is 2.94 bits per heavy atom. The Hall–Kier alpha value is -1.50. The average molecular weight is 270 g/mol. The molecule has 6 nitrogen and oxygen atoms in total. The summed E-state index contributed by atoms with van der Waals surface area (Å²) in [7, 11) is 0. The Morgan fingerprint density at radius 1 is 1.56 bits per heavy atom. The smallest absolute Gasteiger partial charge is 0.374 e. The number of carboxylic acids is 1. The van der Waals surface area contributed by atoms with Gasteiger partial charge in [0.15, 0.2) is 5.69 Å². The Labute approximate surface area is 108 Å². The molecular formula is C11H14N2O4S. The molecule has 0 bridgehead atoms. The summed E-state index contributed by atoms with van der Waals surface area (Å²) in [5.41, 5.74) is 0.0131. The number of aromatic nitrogens is 1. The molecule has 0 aromatic carbocycles. The third-order valence-electron chi connectivity index (χ3n) is 3.03.